The summed E-state index contributed by atoms with van der Waals surface area (Å²) in [7, 11) is 4.75. The molecule has 7 heteroatoms. The van der Waals surface area contributed by atoms with E-state index in [-0.39, 0.29) is 5.91 Å². The lowest BCUT2D eigenvalue weighted by molar-refractivity contribution is -0.125. The second-order valence-corrected chi connectivity index (χ2v) is 6.48. The minimum Gasteiger partial charge on any atom is -0.493 e. The summed E-state index contributed by atoms with van der Waals surface area (Å²) in [5.74, 6) is 1.51. The molecule has 0 bridgehead atoms. The van der Waals surface area contributed by atoms with Crippen LogP contribution in [-0.2, 0) is 4.79 Å². The van der Waals surface area contributed by atoms with Crippen LogP contribution >= 0.6 is 23.2 Å². The fourth-order valence-corrected chi connectivity index (χ4v) is 2.69. The van der Waals surface area contributed by atoms with Gasteiger partial charge in [0.2, 0.25) is 5.91 Å². The Hall–Kier alpha value is -2.37. The Balaban J connectivity index is 1.91. The summed E-state index contributed by atoms with van der Waals surface area (Å²) in [6.07, 6.45) is 3.15. The van der Waals surface area contributed by atoms with Gasteiger partial charge in [-0.05, 0) is 48.0 Å². The maximum atomic E-state index is 12.2. The molecule has 0 unspecified atom stereocenters. The summed E-state index contributed by atoms with van der Waals surface area (Å²) >= 11 is 12.0. The van der Waals surface area contributed by atoms with Crippen molar-refractivity contribution in [3.8, 4) is 17.2 Å². The molecule has 2 aromatic carbocycles. The van der Waals surface area contributed by atoms with E-state index in [0.717, 1.165) is 5.56 Å². The van der Waals surface area contributed by atoms with Crippen molar-refractivity contribution in [1.82, 2.24) is 4.90 Å². The summed E-state index contributed by atoms with van der Waals surface area (Å²) in [5.41, 5.74) is 0.733. The standard InChI is InChI=1S/C20H21Cl2NO4/c1-23(10-11-27-16-7-5-15(21)6-8-16)19(24)9-4-14-12-17(22)20(26-3)18(13-14)25-2/h4-9,12-13H,10-11H2,1-3H3/b9-4+. The lowest BCUT2D eigenvalue weighted by atomic mass is 10.2. The van der Waals surface area contributed by atoms with Crippen LogP contribution in [0.1, 0.15) is 5.56 Å². The zero-order valence-electron chi connectivity index (χ0n) is 15.4. The number of carbonyl (C=O) groups excluding carboxylic acids is 1. The number of carbonyl (C=O) groups is 1. The number of amides is 1. The van der Waals surface area contributed by atoms with Gasteiger partial charge < -0.3 is 19.1 Å². The highest BCUT2D eigenvalue weighted by Gasteiger charge is 2.10. The van der Waals surface area contributed by atoms with E-state index in [4.69, 9.17) is 37.4 Å². The SMILES string of the molecule is COc1cc(/C=C/C(=O)N(C)CCOc2ccc(Cl)cc2)cc(Cl)c1OC. The zero-order valence-corrected chi connectivity index (χ0v) is 16.9. The Labute approximate surface area is 169 Å². The number of halogens is 2. The first-order valence-electron chi connectivity index (χ1n) is 8.17. The zero-order chi connectivity index (χ0) is 19.8. The van der Waals surface area contributed by atoms with Crippen molar-refractivity contribution in [3.63, 3.8) is 0 Å². The Bertz CT molecular complexity index is 806. The molecule has 0 saturated carbocycles. The van der Waals surface area contributed by atoms with E-state index >= 15 is 0 Å². The summed E-state index contributed by atoms with van der Waals surface area (Å²) < 4.78 is 16.0. The monoisotopic (exact) mass is 409 g/mol. The number of benzene rings is 2. The van der Waals surface area contributed by atoms with Crippen molar-refractivity contribution < 1.29 is 19.0 Å². The lowest BCUT2D eigenvalue weighted by Crippen LogP contribution is -2.29. The fraction of sp³-hybridized carbons (Fsp3) is 0.250. The molecule has 0 spiro atoms. The van der Waals surface area contributed by atoms with Crippen LogP contribution in [0, 0.1) is 0 Å². The third kappa shape index (κ3) is 6.08. The van der Waals surface area contributed by atoms with Crippen LogP contribution in [0.5, 0.6) is 17.2 Å². The quantitative estimate of drug-likeness (QED) is 0.599. The molecule has 0 radical (unpaired) electrons. The van der Waals surface area contributed by atoms with Crippen molar-refractivity contribution in [2.75, 3.05) is 34.4 Å². The minimum absolute atomic E-state index is 0.152. The Kier molecular flexibility index (Phi) is 7.82. The largest absolute Gasteiger partial charge is 0.493 e. The molecule has 5 nitrogen and oxygen atoms in total. The number of hydrogen-bond donors (Lipinski definition) is 0. The van der Waals surface area contributed by atoms with Crippen LogP contribution in [0.4, 0.5) is 0 Å². The molecule has 0 aliphatic heterocycles. The Morgan fingerprint density at radius 1 is 1.11 bits per heavy atom. The fourth-order valence-electron chi connectivity index (χ4n) is 2.27. The van der Waals surface area contributed by atoms with Gasteiger partial charge in [0.1, 0.15) is 12.4 Å². The van der Waals surface area contributed by atoms with E-state index in [2.05, 4.69) is 0 Å². The van der Waals surface area contributed by atoms with Crippen molar-refractivity contribution in [2.45, 2.75) is 0 Å². The highest BCUT2D eigenvalue weighted by Crippen LogP contribution is 2.36. The molecule has 0 heterocycles. The first-order valence-corrected chi connectivity index (χ1v) is 8.93. The van der Waals surface area contributed by atoms with Gasteiger partial charge in [-0.25, -0.2) is 0 Å². The van der Waals surface area contributed by atoms with Gasteiger partial charge in [0.15, 0.2) is 11.5 Å². The predicted molar refractivity (Wildman–Crippen MR) is 108 cm³/mol. The number of nitrogens with zero attached hydrogens (tertiary/aromatic N) is 1. The van der Waals surface area contributed by atoms with Crippen LogP contribution in [0.15, 0.2) is 42.5 Å². The molecular formula is C20H21Cl2NO4. The van der Waals surface area contributed by atoms with Gasteiger partial charge in [-0.15, -0.1) is 0 Å². The first-order chi connectivity index (χ1) is 12.9. The molecule has 0 aliphatic rings. The third-order valence-electron chi connectivity index (χ3n) is 3.76. The number of ether oxygens (including phenoxy) is 3. The molecule has 2 aromatic rings. The third-order valence-corrected chi connectivity index (χ3v) is 4.29. The topological polar surface area (TPSA) is 48.0 Å². The number of rotatable bonds is 8. The number of hydrogen-bond acceptors (Lipinski definition) is 4. The van der Waals surface area contributed by atoms with Crippen LogP contribution in [-0.4, -0.2) is 45.2 Å². The van der Waals surface area contributed by atoms with Crippen LogP contribution in [0.3, 0.4) is 0 Å². The molecule has 2 rings (SSSR count). The molecule has 27 heavy (non-hydrogen) atoms. The smallest absolute Gasteiger partial charge is 0.246 e. The second-order valence-electron chi connectivity index (χ2n) is 5.63. The summed E-state index contributed by atoms with van der Waals surface area (Å²) in [4.78, 5) is 13.8. The summed E-state index contributed by atoms with van der Waals surface area (Å²) in [5, 5.41) is 1.06. The van der Waals surface area contributed by atoms with Crippen LogP contribution in [0.25, 0.3) is 6.08 Å². The van der Waals surface area contributed by atoms with Gasteiger partial charge in [0.25, 0.3) is 0 Å². The van der Waals surface area contributed by atoms with E-state index in [1.807, 2.05) is 0 Å². The average molecular weight is 410 g/mol. The molecule has 0 aromatic heterocycles. The second kappa shape index (κ2) is 10.1. The van der Waals surface area contributed by atoms with E-state index in [1.165, 1.54) is 20.3 Å². The van der Waals surface area contributed by atoms with Crippen molar-refractivity contribution >= 4 is 35.2 Å². The molecule has 0 atom stereocenters. The summed E-state index contributed by atoms with van der Waals surface area (Å²) in [6.45, 7) is 0.818. The normalized spacial score (nSPS) is 10.7. The highest BCUT2D eigenvalue weighted by atomic mass is 35.5. The molecule has 0 N–H and O–H groups in total. The Morgan fingerprint density at radius 2 is 1.81 bits per heavy atom. The van der Waals surface area contributed by atoms with E-state index in [9.17, 15) is 4.79 Å². The lowest BCUT2D eigenvalue weighted by Gasteiger charge is -2.15. The maximum absolute atomic E-state index is 12.2. The molecule has 0 saturated heterocycles. The molecule has 0 aliphatic carbocycles. The van der Waals surface area contributed by atoms with Gasteiger partial charge in [-0.2, -0.15) is 0 Å². The minimum atomic E-state index is -0.152. The van der Waals surface area contributed by atoms with Crippen molar-refractivity contribution in [2.24, 2.45) is 0 Å². The highest BCUT2D eigenvalue weighted by molar-refractivity contribution is 6.32. The number of methoxy groups -OCH3 is 2. The molecular weight excluding hydrogens is 389 g/mol. The van der Waals surface area contributed by atoms with Crippen LogP contribution < -0.4 is 14.2 Å². The number of likely N-dealkylation sites (N-methyl/N-ethyl adjacent to an activating group) is 1. The van der Waals surface area contributed by atoms with Crippen molar-refractivity contribution in [1.29, 1.82) is 0 Å². The average Bonchev–Trinajstić information content (AvgIpc) is 2.66. The molecule has 144 valence electrons. The predicted octanol–water partition coefficient (Wildman–Crippen LogP) is 4.56. The van der Waals surface area contributed by atoms with Gasteiger partial charge in [0.05, 0.1) is 25.8 Å². The van der Waals surface area contributed by atoms with Gasteiger partial charge in [-0.1, -0.05) is 23.2 Å². The van der Waals surface area contributed by atoms with Gasteiger partial charge in [-0.3, -0.25) is 4.79 Å². The van der Waals surface area contributed by atoms with Gasteiger partial charge in [0, 0.05) is 18.1 Å². The maximum Gasteiger partial charge on any atom is 0.246 e. The van der Waals surface area contributed by atoms with Crippen molar-refractivity contribution in [3.05, 3.63) is 58.1 Å². The van der Waals surface area contributed by atoms with E-state index in [0.29, 0.717) is 40.4 Å². The van der Waals surface area contributed by atoms with E-state index in [1.54, 1.807) is 54.4 Å². The first kappa shape index (κ1) is 20.9. The van der Waals surface area contributed by atoms with E-state index < -0.39 is 0 Å². The van der Waals surface area contributed by atoms with Crippen LogP contribution in [0.2, 0.25) is 10.0 Å². The van der Waals surface area contributed by atoms with Gasteiger partial charge >= 0.3 is 0 Å². The Morgan fingerprint density at radius 3 is 2.44 bits per heavy atom. The summed E-state index contributed by atoms with van der Waals surface area (Å²) in [6, 6.07) is 10.5. The molecule has 1 amide bonds. The molecule has 0 fully saturated rings.